The Kier molecular flexibility index (Phi) is 4.61. The summed E-state index contributed by atoms with van der Waals surface area (Å²) in [6.45, 7) is 8.88. The summed E-state index contributed by atoms with van der Waals surface area (Å²) >= 11 is 6.21. The lowest BCUT2D eigenvalue weighted by Crippen LogP contribution is -2.58. The fourth-order valence-electron chi connectivity index (χ4n) is 7.66. The largest absolute Gasteiger partial charge is 0.304 e. The zero-order valence-corrected chi connectivity index (χ0v) is 17.8. The summed E-state index contributed by atoms with van der Waals surface area (Å²) in [5.41, 5.74) is 2.59. The van der Waals surface area contributed by atoms with E-state index >= 15 is 0 Å². The fourth-order valence-corrected chi connectivity index (χ4v) is 7.79. The minimum Gasteiger partial charge on any atom is -0.304 e. The quantitative estimate of drug-likeness (QED) is 0.713. The Labute approximate surface area is 170 Å². The second kappa shape index (κ2) is 6.75. The first-order valence-electron chi connectivity index (χ1n) is 11.1. The molecule has 148 valence electrons. The maximum atomic E-state index is 6.21. The molecule has 2 nitrogen and oxygen atoms in total. The van der Waals surface area contributed by atoms with Crippen molar-refractivity contribution < 1.29 is 0 Å². The molecule has 1 heterocycles. The number of piperazine rings is 1. The van der Waals surface area contributed by atoms with E-state index in [0.717, 1.165) is 22.8 Å². The summed E-state index contributed by atoms with van der Waals surface area (Å²) in [6.07, 6.45) is 8.76. The molecule has 3 unspecified atom stereocenters. The molecule has 27 heavy (non-hydrogen) atoms. The van der Waals surface area contributed by atoms with Gasteiger partial charge in [0.15, 0.2) is 0 Å². The van der Waals surface area contributed by atoms with Crippen LogP contribution in [0.3, 0.4) is 0 Å². The van der Waals surface area contributed by atoms with Gasteiger partial charge in [-0.1, -0.05) is 30.7 Å². The van der Waals surface area contributed by atoms with Crippen molar-refractivity contribution in [2.24, 2.45) is 23.2 Å². The van der Waals surface area contributed by atoms with Crippen LogP contribution in [0.4, 0.5) is 0 Å². The van der Waals surface area contributed by atoms with Gasteiger partial charge in [-0.05, 0) is 91.9 Å². The van der Waals surface area contributed by atoms with Gasteiger partial charge in [0.2, 0.25) is 0 Å². The van der Waals surface area contributed by atoms with Crippen molar-refractivity contribution in [1.82, 2.24) is 9.80 Å². The van der Waals surface area contributed by atoms with E-state index < -0.39 is 0 Å². The number of likely N-dealkylation sites (N-methyl/N-ethyl adjacent to an activating group) is 1. The Morgan fingerprint density at radius 2 is 1.63 bits per heavy atom. The molecule has 1 aromatic carbocycles. The van der Waals surface area contributed by atoms with E-state index in [4.69, 9.17) is 11.6 Å². The molecule has 1 aliphatic heterocycles. The highest BCUT2D eigenvalue weighted by molar-refractivity contribution is 6.30. The average Bonchev–Trinajstić information content (AvgIpc) is 2.63. The molecule has 5 aliphatic rings. The average molecular weight is 387 g/mol. The van der Waals surface area contributed by atoms with Crippen molar-refractivity contribution in [3.8, 4) is 0 Å². The number of hydrogen-bond donors (Lipinski definition) is 0. The van der Waals surface area contributed by atoms with Crippen LogP contribution in [-0.2, 0) is 5.41 Å². The van der Waals surface area contributed by atoms with Crippen LogP contribution in [0.1, 0.15) is 51.0 Å². The molecule has 4 aliphatic carbocycles. The Morgan fingerprint density at radius 3 is 2.26 bits per heavy atom. The zero-order valence-electron chi connectivity index (χ0n) is 17.1. The van der Waals surface area contributed by atoms with Crippen LogP contribution in [0.5, 0.6) is 0 Å². The second-order valence-corrected chi connectivity index (χ2v) is 11.1. The monoisotopic (exact) mass is 386 g/mol. The molecule has 3 heteroatoms. The van der Waals surface area contributed by atoms with Gasteiger partial charge in [0.25, 0.3) is 0 Å². The normalized spacial score (nSPS) is 40.4. The Hall–Kier alpha value is -0.570. The van der Waals surface area contributed by atoms with Gasteiger partial charge in [0.1, 0.15) is 0 Å². The molecule has 4 bridgehead atoms. The maximum absolute atomic E-state index is 6.21. The molecule has 1 aromatic rings. The first-order valence-corrected chi connectivity index (χ1v) is 11.5. The number of hydrogen-bond acceptors (Lipinski definition) is 2. The van der Waals surface area contributed by atoms with Crippen molar-refractivity contribution >= 4 is 11.6 Å². The molecular formula is C24H35ClN2. The van der Waals surface area contributed by atoms with Crippen LogP contribution in [-0.4, -0.2) is 49.6 Å². The highest BCUT2D eigenvalue weighted by Crippen LogP contribution is 2.67. The van der Waals surface area contributed by atoms with E-state index in [9.17, 15) is 0 Å². The van der Waals surface area contributed by atoms with Crippen molar-refractivity contribution in [3.05, 3.63) is 34.9 Å². The third-order valence-electron chi connectivity index (χ3n) is 8.74. The van der Waals surface area contributed by atoms with Gasteiger partial charge in [-0.3, -0.25) is 0 Å². The zero-order chi connectivity index (χ0) is 18.6. The van der Waals surface area contributed by atoms with Crippen LogP contribution < -0.4 is 0 Å². The summed E-state index contributed by atoms with van der Waals surface area (Å²) in [6, 6.07) is 8.92. The van der Waals surface area contributed by atoms with Crippen molar-refractivity contribution in [3.63, 3.8) is 0 Å². The molecule has 0 aromatic heterocycles. The maximum Gasteiger partial charge on any atom is 0.0406 e. The summed E-state index contributed by atoms with van der Waals surface area (Å²) < 4.78 is 0. The number of benzene rings is 1. The molecular weight excluding hydrogens is 352 g/mol. The third-order valence-corrected chi connectivity index (χ3v) is 8.99. The molecule has 0 spiro atoms. The summed E-state index contributed by atoms with van der Waals surface area (Å²) in [7, 11) is 2.26. The van der Waals surface area contributed by atoms with Crippen molar-refractivity contribution in [2.75, 3.05) is 39.8 Å². The summed E-state index contributed by atoms with van der Waals surface area (Å²) in [4.78, 5) is 5.22. The van der Waals surface area contributed by atoms with Crippen LogP contribution in [0.15, 0.2) is 24.3 Å². The number of halogens is 1. The summed E-state index contributed by atoms with van der Waals surface area (Å²) in [5, 5.41) is 0.877. The Morgan fingerprint density at radius 1 is 1.00 bits per heavy atom. The molecule has 3 atom stereocenters. The van der Waals surface area contributed by atoms with E-state index in [1.165, 1.54) is 71.2 Å². The van der Waals surface area contributed by atoms with Gasteiger partial charge >= 0.3 is 0 Å². The summed E-state index contributed by atoms with van der Waals surface area (Å²) in [5.74, 6) is 2.73. The van der Waals surface area contributed by atoms with Crippen LogP contribution >= 0.6 is 11.6 Å². The second-order valence-electron chi connectivity index (χ2n) is 10.6. The fraction of sp³-hybridized carbons (Fsp3) is 0.750. The minimum absolute atomic E-state index is 0.436. The van der Waals surface area contributed by atoms with Crippen molar-refractivity contribution in [1.29, 1.82) is 0 Å². The molecule has 5 fully saturated rings. The first kappa shape index (κ1) is 18.5. The Balaban J connectivity index is 1.38. The smallest absolute Gasteiger partial charge is 0.0406 e. The van der Waals surface area contributed by atoms with E-state index in [2.05, 4.69) is 48.0 Å². The van der Waals surface area contributed by atoms with Gasteiger partial charge in [-0.2, -0.15) is 0 Å². The molecule has 1 saturated heterocycles. The highest BCUT2D eigenvalue weighted by Gasteiger charge is 2.59. The predicted octanol–water partition coefficient (Wildman–Crippen LogP) is 5.06. The van der Waals surface area contributed by atoms with Gasteiger partial charge in [-0.15, -0.1) is 0 Å². The van der Waals surface area contributed by atoms with Crippen LogP contribution in [0.2, 0.25) is 5.02 Å². The molecule has 6 rings (SSSR count). The predicted molar refractivity (Wildman–Crippen MR) is 113 cm³/mol. The molecule has 0 radical (unpaired) electrons. The van der Waals surface area contributed by atoms with Crippen molar-refractivity contribution in [2.45, 2.75) is 50.9 Å². The first-order chi connectivity index (χ1) is 13.0. The highest BCUT2D eigenvalue weighted by atomic mass is 35.5. The van der Waals surface area contributed by atoms with Crippen LogP contribution in [0, 0.1) is 23.2 Å². The lowest BCUT2D eigenvalue weighted by atomic mass is 9.41. The van der Waals surface area contributed by atoms with E-state index in [-0.39, 0.29) is 0 Å². The molecule has 0 N–H and O–H groups in total. The Bertz CT molecular complexity index is 662. The molecule has 4 saturated carbocycles. The topological polar surface area (TPSA) is 6.48 Å². The van der Waals surface area contributed by atoms with E-state index in [1.54, 1.807) is 5.56 Å². The standard InChI is InChI=1S/C24H35ClN2/c1-18(16-27-9-7-26(2)8-10-27)23-12-19-11-20(13-23)15-24(14-19,17-23)21-3-5-22(25)6-4-21/h3-6,18-20H,7-17H2,1-2H3. The van der Waals surface area contributed by atoms with E-state index in [0.29, 0.717) is 10.8 Å². The van der Waals surface area contributed by atoms with Gasteiger partial charge in [0.05, 0.1) is 0 Å². The lowest BCUT2D eigenvalue weighted by Gasteiger charge is -2.64. The number of nitrogens with zero attached hydrogens (tertiary/aromatic N) is 2. The van der Waals surface area contributed by atoms with E-state index in [1.807, 2.05) is 0 Å². The SMILES string of the molecule is CC(CN1CCN(C)CC1)C12CC3CC(CC(c4ccc(Cl)cc4)(C3)C1)C2. The van der Waals surface area contributed by atoms with Gasteiger partial charge in [0, 0.05) is 37.7 Å². The third kappa shape index (κ3) is 3.26. The van der Waals surface area contributed by atoms with Gasteiger partial charge < -0.3 is 9.80 Å². The molecule has 0 amide bonds. The minimum atomic E-state index is 0.436. The lowest BCUT2D eigenvalue weighted by molar-refractivity contribution is -0.106. The van der Waals surface area contributed by atoms with Gasteiger partial charge in [-0.25, -0.2) is 0 Å². The number of rotatable bonds is 4. The van der Waals surface area contributed by atoms with Crippen LogP contribution in [0.25, 0.3) is 0 Å².